The highest BCUT2D eigenvalue weighted by Gasteiger charge is 2.53. The summed E-state index contributed by atoms with van der Waals surface area (Å²) in [4.78, 5) is 14.9. The summed E-state index contributed by atoms with van der Waals surface area (Å²) in [7, 11) is 1.77. The van der Waals surface area contributed by atoms with E-state index in [2.05, 4.69) is 5.16 Å². The Kier molecular flexibility index (Phi) is 4.58. The van der Waals surface area contributed by atoms with E-state index in [0.717, 1.165) is 50.3 Å². The maximum atomic E-state index is 13.0. The molecule has 0 unspecified atom stereocenters. The van der Waals surface area contributed by atoms with Gasteiger partial charge in [0, 0.05) is 26.3 Å². The van der Waals surface area contributed by atoms with Gasteiger partial charge in [0.15, 0.2) is 0 Å². The number of likely N-dealkylation sites (tertiary alicyclic amines) is 1. The molecule has 1 aromatic rings. The molecule has 2 aliphatic carbocycles. The van der Waals surface area contributed by atoms with Gasteiger partial charge in [-0.15, -0.1) is 0 Å². The van der Waals surface area contributed by atoms with Crippen LogP contribution in [0.3, 0.4) is 0 Å². The van der Waals surface area contributed by atoms with Gasteiger partial charge >= 0.3 is 0 Å². The summed E-state index contributed by atoms with van der Waals surface area (Å²) >= 11 is 0. The van der Waals surface area contributed by atoms with Crippen LogP contribution < -0.4 is 0 Å². The molecule has 1 aliphatic heterocycles. The Labute approximate surface area is 148 Å². The largest absolute Gasteiger partial charge is 0.378 e. The second-order valence-electron chi connectivity index (χ2n) is 7.74. The quantitative estimate of drug-likeness (QED) is 0.791. The average molecular weight is 348 g/mol. The first kappa shape index (κ1) is 17.0. The third-order valence-electron chi connectivity index (χ3n) is 6.20. The number of methoxy groups -OCH3 is 1. The van der Waals surface area contributed by atoms with Crippen molar-refractivity contribution in [1.82, 2.24) is 10.1 Å². The zero-order valence-corrected chi connectivity index (χ0v) is 15.2. The average Bonchev–Trinajstić information content (AvgIpc) is 3.21. The van der Waals surface area contributed by atoms with Crippen molar-refractivity contribution < 1.29 is 18.8 Å². The van der Waals surface area contributed by atoms with Crippen molar-refractivity contribution in [3.63, 3.8) is 0 Å². The van der Waals surface area contributed by atoms with Gasteiger partial charge < -0.3 is 18.9 Å². The Morgan fingerprint density at radius 3 is 2.92 bits per heavy atom. The molecule has 25 heavy (non-hydrogen) atoms. The monoisotopic (exact) mass is 348 g/mol. The molecule has 0 aromatic carbocycles. The molecule has 0 N–H and O–H groups in total. The fourth-order valence-corrected chi connectivity index (χ4v) is 4.33. The molecule has 3 aliphatic rings. The number of amides is 1. The maximum absolute atomic E-state index is 13.0. The maximum Gasteiger partial charge on any atom is 0.292 e. The Morgan fingerprint density at radius 1 is 1.40 bits per heavy atom. The number of carbonyl (C=O) groups is 1. The summed E-state index contributed by atoms with van der Waals surface area (Å²) in [5.74, 6) is 1.03. The van der Waals surface area contributed by atoms with Gasteiger partial charge in [-0.3, -0.25) is 4.79 Å². The third-order valence-corrected chi connectivity index (χ3v) is 6.20. The van der Waals surface area contributed by atoms with Crippen molar-refractivity contribution in [2.24, 2.45) is 5.92 Å². The SMILES string of the molecule is CCc1cc(C(=O)N2CC[C@]3(OC)CC[C@H](OCC4CC4)C[C@H]23)on1. The van der Waals surface area contributed by atoms with E-state index in [1.807, 2.05) is 11.8 Å². The fourth-order valence-electron chi connectivity index (χ4n) is 4.33. The lowest BCUT2D eigenvalue weighted by atomic mass is 9.79. The molecule has 6 heteroatoms. The van der Waals surface area contributed by atoms with Gasteiger partial charge in [-0.1, -0.05) is 12.1 Å². The van der Waals surface area contributed by atoms with Gasteiger partial charge in [-0.25, -0.2) is 0 Å². The second kappa shape index (κ2) is 6.72. The van der Waals surface area contributed by atoms with Crippen LogP contribution in [0.5, 0.6) is 0 Å². The number of aromatic nitrogens is 1. The molecule has 6 nitrogen and oxygen atoms in total. The van der Waals surface area contributed by atoms with E-state index in [4.69, 9.17) is 14.0 Å². The number of fused-ring (bicyclic) bond motifs is 1. The van der Waals surface area contributed by atoms with Gasteiger partial charge in [0.05, 0.1) is 23.4 Å². The summed E-state index contributed by atoms with van der Waals surface area (Å²) in [5.41, 5.74) is 0.581. The lowest BCUT2D eigenvalue weighted by Crippen LogP contribution is -2.53. The predicted molar refractivity (Wildman–Crippen MR) is 91.4 cm³/mol. The standard InChI is InChI=1S/C19H28N2O4/c1-3-14-10-16(25-20-14)18(22)21-9-8-19(23-2)7-6-15(11-17(19)21)24-12-13-4-5-13/h10,13,15,17H,3-9,11-12H2,1-2H3/t15-,17-,19+/m0/s1. The van der Waals surface area contributed by atoms with Crippen molar-refractivity contribution in [1.29, 1.82) is 0 Å². The van der Waals surface area contributed by atoms with Crippen LogP contribution in [0.4, 0.5) is 0 Å². The van der Waals surface area contributed by atoms with Gasteiger partial charge in [0.1, 0.15) is 0 Å². The number of ether oxygens (including phenoxy) is 2. The van der Waals surface area contributed by atoms with Crippen molar-refractivity contribution in [2.75, 3.05) is 20.3 Å². The number of nitrogens with zero attached hydrogens (tertiary/aromatic N) is 2. The van der Waals surface area contributed by atoms with Crippen LogP contribution in [-0.2, 0) is 15.9 Å². The molecule has 1 saturated heterocycles. The molecule has 138 valence electrons. The first-order valence-electron chi connectivity index (χ1n) is 9.58. The summed E-state index contributed by atoms with van der Waals surface area (Å²) in [6.45, 7) is 3.57. The summed E-state index contributed by atoms with van der Waals surface area (Å²) in [5, 5.41) is 3.96. The highest BCUT2D eigenvalue weighted by Crippen LogP contribution is 2.44. The number of carbonyl (C=O) groups excluding carboxylic acids is 1. The number of hydrogen-bond donors (Lipinski definition) is 0. The topological polar surface area (TPSA) is 64.8 Å². The predicted octanol–water partition coefficient (Wildman–Crippen LogP) is 2.82. The molecular weight excluding hydrogens is 320 g/mol. The van der Waals surface area contributed by atoms with Crippen LogP contribution in [0.2, 0.25) is 0 Å². The van der Waals surface area contributed by atoms with Crippen LogP contribution in [0.1, 0.15) is 61.7 Å². The van der Waals surface area contributed by atoms with Gasteiger partial charge in [0.25, 0.3) is 5.91 Å². The molecule has 0 bridgehead atoms. The Morgan fingerprint density at radius 2 is 2.24 bits per heavy atom. The number of hydrogen-bond acceptors (Lipinski definition) is 5. The Bertz CT molecular complexity index is 627. The minimum atomic E-state index is -0.233. The third kappa shape index (κ3) is 3.22. The Hall–Kier alpha value is -1.40. The summed E-state index contributed by atoms with van der Waals surface area (Å²) in [6.07, 6.45) is 7.28. The normalized spacial score (nSPS) is 32.0. The molecule has 2 heterocycles. The lowest BCUT2D eigenvalue weighted by Gasteiger charge is -2.43. The van der Waals surface area contributed by atoms with Gasteiger partial charge in [-0.2, -0.15) is 0 Å². The van der Waals surface area contributed by atoms with Crippen LogP contribution >= 0.6 is 0 Å². The highest BCUT2D eigenvalue weighted by atomic mass is 16.5. The first-order valence-corrected chi connectivity index (χ1v) is 9.58. The van der Waals surface area contributed by atoms with Gasteiger partial charge in [-0.05, 0) is 50.9 Å². The van der Waals surface area contributed by atoms with Crippen LogP contribution in [0.25, 0.3) is 0 Å². The van der Waals surface area contributed by atoms with Crippen LogP contribution in [-0.4, -0.2) is 54.0 Å². The van der Waals surface area contributed by atoms with E-state index in [9.17, 15) is 4.79 Å². The van der Waals surface area contributed by atoms with E-state index in [-0.39, 0.29) is 23.7 Å². The van der Waals surface area contributed by atoms with E-state index in [0.29, 0.717) is 12.3 Å². The molecule has 4 rings (SSSR count). The zero-order valence-electron chi connectivity index (χ0n) is 15.2. The summed E-state index contributed by atoms with van der Waals surface area (Å²) < 4.78 is 17.3. The van der Waals surface area contributed by atoms with Crippen molar-refractivity contribution in [3.8, 4) is 0 Å². The number of rotatable bonds is 6. The Balaban J connectivity index is 1.48. The molecule has 3 atom stereocenters. The van der Waals surface area contributed by atoms with E-state index in [1.54, 1.807) is 13.2 Å². The van der Waals surface area contributed by atoms with Gasteiger partial charge in [0.2, 0.25) is 5.76 Å². The smallest absolute Gasteiger partial charge is 0.292 e. The van der Waals surface area contributed by atoms with Crippen LogP contribution in [0, 0.1) is 5.92 Å². The van der Waals surface area contributed by atoms with E-state index < -0.39 is 0 Å². The molecule has 1 amide bonds. The van der Waals surface area contributed by atoms with Crippen molar-refractivity contribution in [3.05, 3.63) is 17.5 Å². The van der Waals surface area contributed by atoms with Crippen molar-refractivity contribution in [2.45, 2.75) is 69.6 Å². The fraction of sp³-hybridized carbons (Fsp3) is 0.789. The molecule has 2 saturated carbocycles. The van der Waals surface area contributed by atoms with Crippen LogP contribution in [0.15, 0.2) is 10.6 Å². The molecule has 0 radical (unpaired) electrons. The second-order valence-corrected chi connectivity index (χ2v) is 7.74. The lowest BCUT2D eigenvalue weighted by molar-refractivity contribution is -0.0979. The minimum absolute atomic E-state index is 0.0538. The van der Waals surface area contributed by atoms with Crippen molar-refractivity contribution >= 4 is 5.91 Å². The molecule has 3 fully saturated rings. The molecular formula is C19H28N2O4. The molecule has 0 spiro atoms. The zero-order chi connectivity index (χ0) is 17.4. The molecule has 1 aromatic heterocycles. The van der Waals surface area contributed by atoms with E-state index in [1.165, 1.54) is 12.8 Å². The van der Waals surface area contributed by atoms with E-state index >= 15 is 0 Å². The summed E-state index contributed by atoms with van der Waals surface area (Å²) in [6, 6.07) is 1.82. The minimum Gasteiger partial charge on any atom is -0.378 e. The number of aryl methyl sites for hydroxylation is 1. The highest BCUT2D eigenvalue weighted by molar-refractivity contribution is 5.92. The first-order chi connectivity index (χ1) is 12.1.